The fourth-order valence-electron chi connectivity index (χ4n) is 3.34. The van der Waals surface area contributed by atoms with Gasteiger partial charge in [0.25, 0.3) is 0 Å². The van der Waals surface area contributed by atoms with Crippen molar-refractivity contribution in [2.75, 3.05) is 13.6 Å². The van der Waals surface area contributed by atoms with Crippen LogP contribution in [0.1, 0.15) is 28.2 Å². The lowest BCUT2D eigenvalue weighted by atomic mass is 9.83. The average Bonchev–Trinajstić information content (AvgIpc) is 2.63. The van der Waals surface area contributed by atoms with E-state index in [1.54, 1.807) is 19.2 Å². The van der Waals surface area contributed by atoms with Crippen LogP contribution in [0.3, 0.4) is 0 Å². The summed E-state index contributed by atoms with van der Waals surface area (Å²) in [5.41, 5.74) is 3.54. The molecule has 124 valence electrons. The van der Waals surface area contributed by atoms with Crippen LogP contribution in [-0.4, -0.2) is 24.8 Å². The number of aliphatic hydroxyl groups is 1. The van der Waals surface area contributed by atoms with Crippen molar-refractivity contribution in [1.29, 1.82) is 0 Å². The molecule has 0 aliphatic heterocycles. The third kappa shape index (κ3) is 3.55. The van der Waals surface area contributed by atoms with Gasteiger partial charge in [0.05, 0.1) is 6.10 Å². The van der Waals surface area contributed by atoms with Gasteiger partial charge in [0.15, 0.2) is 0 Å². The fourth-order valence-corrected chi connectivity index (χ4v) is 3.34. The van der Waals surface area contributed by atoms with Crippen LogP contribution in [0.5, 0.6) is 0 Å². The first-order valence-electron chi connectivity index (χ1n) is 7.49. The number of aryl methyl sites for hydroxylation is 2. The van der Waals surface area contributed by atoms with Crippen molar-refractivity contribution in [3.63, 3.8) is 0 Å². The Morgan fingerprint density at radius 2 is 1.52 bits per heavy atom. The summed E-state index contributed by atoms with van der Waals surface area (Å²) in [6, 6.07) is 9.36. The van der Waals surface area contributed by atoms with Crippen molar-refractivity contribution in [2.45, 2.75) is 24.9 Å². The van der Waals surface area contributed by atoms with Gasteiger partial charge >= 0.3 is 0 Å². The Bertz CT molecular complexity index is 639. The Balaban J connectivity index is 0.00000192. The zero-order chi connectivity index (χ0) is 15.7. The summed E-state index contributed by atoms with van der Waals surface area (Å²) in [4.78, 5) is 0. The van der Waals surface area contributed by atoms with Crippen molar-refractivity contribution >= 4 is 12.4 Å². The molecule has 3 rings (SSSR count). The number of likely N-dealkylation sites (N-methyl/N-ethyl adjacent to an activating group) is 1. The Labute approximate surface area is 141 Å². The molecule has 2 nitrogen and oxygen atoms in total. The number of nitrogens with one attached hydrogen (secondary N) is 1. The maximum Gasteiger partial charge on any atom is 0.123 e. The standard InChI is InChI=1S/C18H19F2NO.ClH/c1-21-10-17(22)18-15-8-13(19)6-4-11(15)2-3-12-5-7-14(20)9-16(12)18;/h4-9,17-18,21-22H,2-3,10H2,1H3;1H. The van der Waals surface area contributed by atoms with Crippen LogP contribution in [0.2, 0.25) is 0 Å². The molecule has 0 radical (unpaired) electrons. The maximum atomic E-state index is 13.7. The molecule has 0 fully saturated rings. The molecule has 0 saturated carbocycles. The van der Waals surface area contributed by atoms with Gasteiger partial charge in [-0.1, -0.05) is 12.1 Å². The molecule has 0 spiro atoms. The van der Waals surface area contributed by atoms with Gasteiger partial charge in [0.1, 0.15) is 11.6 Å². The zero-order valence-corrected chi connectivity index (χ0v) is 13.7. The molecule has 0 bridgehead atoms. The smallest absolute Gasteiger partial charge is 0.123 e. The second kappa shape index (κ2) is 7.39. The lowest BCUT2D eigenvalue weighted by molar-refractivity contribution is 0.156. The summed E-state index contributed by atoms with van der Waals surface area (Å²) in [6.45, 7) is 0.358. The molecule has 0 aromatic heterocycles. The number of fused-ring (bicyclic) bond motifs is 2. The van der Waals surface area contributed by atoms with Crippen LogP contribution < -0.4 is 5.32 Å². The van der Waals surface area contributed by atoms with E-state index in [4.69, 9.17) is 0 Å². The van der Waals surface area contributed by atoms with Crippen molar-refractivity contribution in [3.05, 3.63) is 70.3 Å². The molecule has 1 atom stereocenters. The molecule has 1 aliphatic rings. The Kier molecular flexibility index (Phi) is 5.74. The van der Waals surface area contributed by atoms with E-state index < -0.39 is 12.0 Å². The number of aliphatic hydroxyl groups excluding tert-OH is 1. The summed E-state index contributed by atoms with van der Waals surface area (Å²) >= 11 is 0. The highest BCUT2D eigenvalue weighted by Crippen LogP contribution is 2.37. The van der Waals surface area contributed by atoms with Crippen molar-refractivity contribution < 1.29 is 13.9 Å². The normalized spacial score (nSPS) is 15.1. The van der Waals surface area contributed by atoms with Crippen LogP contribution in [0.15, 0.2) is 36.4 Å². The number of hydrogen-bond acceptors (Lipinski definition) is 2. The van der Waals surface area contributed by atoms with Crippen molar-refractivity contribution in [2.24, 2.45) is 0 Å². The molecule has 5 heteroatoms. The largest absolute Gasteiger partial charge is 0.391 e. The first-order chi connectivity index (χ1) is 10.6. The Morgan fingerprint density at radius 3 is 1.96 bits per heavy atom. The highest BCUT2D eigenvalue weighted by Gasteiger charge is 2.30. The van der Waals surface area contributed by atoms with Crippen LogP contribution in [0.4, 0.5) is 8.78 Å². The minimum Gasteiger partial charge on any atom is -0.391 e. The zero-order valence-electron chi connectivity index (χ0n) is 12.9. The molecule has 23 heavy (non-hydrogen) atoms. The summed E-state index contributed by atoms with van der Waals surface area (Å²) in [5.74, 6) is -1.09. The third-order valence-electron chi connectivity index (χ3n) is 4.35. The minimum absolute atomic E-state index is 0. The van der Waals surface area contributed by atoms with Gasteiger partial charge in [0.2, 0.25) is 0 Å². The highest BCUT2D eigenvalue weighted by molar-refractivity contribution is 5.85. The molecule has 0 amide bonds. The van der Waals surface area contributed by atoms with Crippen LogP contribution in [-0.2, 0) is 12.8 Å². The molecule has 2 N–H and O–H groups in total. The van der Waals surface area contributed by atoms with Gasteiger partial charge in [-0.15, -0.1) is 12.4 Å². The van der Waals surface area contributed by atoms with Crippen LogP contribution in [0.25, 0.3) is 0 Å². The van der Waals surface area contributed by atoms with E-state index in [-0.39, 0.29) is 24.0 Å². The van der Waals surface area contributed by atoms with E-state index in [1.165, 1.54) is 24.3 Å². The lowest BCUT2D eigenvalue weighted by Crippen LogP contribution is -2.31. The van der Waals surface area contributed by atoms with E-state index in [1.807, 2.05) is 0 Å². The monoisotopic (exact) mass is 339 g/mol. The predicted molar refractivity (Wildman–Crippen MR) is 89.2 cm³/mol. The van der Waals surface area contributed by atoms with Gasteiger partial charge in [-0.3, -0.25) is 0 Å². The van der Waals surface area contributed by atoms with Gasteiger partial charge in [-0.25, -0.2) is 8.78 Å². The van der Waals surface area contributed by atoms with Gasteiger partial charge in [-0.2, -0.15) is 0 Å². The Morgan fingerprint density at radius 1 is 1.04 bits per heavy atom. The first kappa shape index (κ1) is 17.9. The second-order valence-corrected chi connectivity index (χ2v) is 5.79. The molecule has 1 unspecified atom stereocenters. The van der Waals surface area contributed by atoms with E-state index in [2.05, 4.69) is 5.32 Å². The van der Waals surface area contributed by atoms with Crippen molar-refractivity contribution in [3.8, 4) is 0 Å². The molecule has 2 aromatic rings. The fraction of sp³-hybridized carbons (Fsp3) is 0.333. The summed E-state index contributed by atoms with van der Waals surface area (Å²) < 4.78 is 27.5. The predicted octanol–water partition coefficient (Wildman–Crippen LogP) is 3.20. The number of benzene rings is 2. The Hall–Kier alpha value is -1.49. The van der Waals surface area contributed by atoms with Crippen molar-refractivity contribution in [1.82, 2.24) is 5.32 Å². The van der Waals surface area contributed by atoms with E-state index in [0.717, 1.165) is 35.1 Å². The van der Waals surface area contributed by atoms with E-state index in [9.17, 15) is 13.9 Å². The molecule has 0 heterocycles. The number of hydrogen-bond donors (Lipinski definition) is 2. The van der Waals surface area contributed by atoms with Gasteiger partial charge in [-0.05, 0) is 66.4 Å². The minimum atomic E-state index is -0.746. The van der Waals surface area contributed by atoms with E-state index in [0.29, 0.717) is 6.54 Å². The van der Waals surface area contributed by atoms with Gasteiger partial charge in [0, 0.05) is 12.5 Å². The third-order valence-corrected chi connectivity index (χ3v) is 4.35. The summed E-state index contributed by atoms with van der Waals surface area (Å²) in [6.07, 6.45) is 0.776. The highest BCUT2D eigenvalue weighted by atomic mass is 35.5. The topological polar surface area (TPSA) is 32.3 Å². The SMILES string of the molecule is CNCC(O)C1c2cc(F)ccc2CCc2ccc(F)cc21.Cl. The molecule has 1 aliphatic carbocycles. The summed E-state index contributed by atoms with van der Waals surface area (Å²) in [5, 5.41) is 13.5. The van der Waals surface area contributed by atoms with Crippen LogP contribution >= 0.6 is 12.4 Å². The number of halogens is 3. The quantitative estimate of drug-likeness (QED) is 0.900. The second-order valence-electron chi connectivity index (χ2n) is 5.79. The lowest BCUT2D eigenvalue weighted by Gasteiger charge is -2.25. The molecular weight excluding hydrogens is 320 g/mol. The molecule has 0 saturated heterocycles. The average molecular weight is 340 g/mol. The van der Waals surface area contributed by atoms with Gasteiger partial charge < -0.3 is 10.4 Å². The maximum absolute atomic E-state index is 13.7. The summed E-state index contributed by atoms with van der Waals surface area (Å²) in [7, 11) is 1.75. The van der Waals surface area contributed by atoms with Crippen LogP contribution in [0, 0.1) is 11.6 Å². The van der Waals surface area contributed by atoms with E-state index >= 15 is 0 Å². The molecule has 2 aromatic carbocycles. The molecular formula is C18H20ClF2NO. The number of rotatable bonds is 3. The first-order valence-corrected chi connectivity index (χ1v) is 7.49.